The molecule has 0 aliphatic carbocycles. The van der Waals surface area contributed by atoms with E-state index in [0.29, 0.717) is 26.4 Å². The van der Waals surface area contributed by atoms with Crippen LogP contribution in [0.25, 0.3) is 0 Å². The lowest BCUT2D eigenvalue weighted by Gasteiger charge is -2.34. The highest BCUT2D eigenvalue weighted by Gasteiger charge is 2.32. The van der Waals surface area contributed by atoms with E-state index < -0.39 is 7.32 Å². The van der Waals surface area contributed by atoms with Crippen LogP contribution in [0.2, 0.25) is 0 Å². The van der Waals surface area contributed by atoms with Crippen molar-refractivity contribution in [2.75, 3.05) is 46.1 Å². The van der Waals surface area contributed by atoms with E-state index in [4.69, 9.17) is 18.7 Å². The summed E-state index contributed by atoms with van der Waals surface area (Å²) in [4.78, 5) is 2.29. The van der Waals surface area contributed by atoms with Gasteiger partial charge in [-0.3, -0.25) is 4.90 Å². The lowest BCUT2D eigenvalue weighted by atomic mass is 10.1. The first-order chi connectivity index (χ1) is 7.38. The number of hydrogen-bond acceptors (Lipinski definition) is 5. The van der Waals surface area contributed by atoms with Crippen molar-refractivity contribution in [2.45, 2.75) is 13.0 Å². The lowest BCUT2D eigenvalue weighted by Crippen LogP contribution is -2.50. The van der Waals surface area contributed by atoms with Gasteiger partial charge in [0.05, 0.1) is 12.7 Å². The van der Waals surface area contributed by atoms with Crippen molar-refractivity contribution in [1.82, 2.24) is 4.90 Å². The van der Waals surface area contributed by atoms with Crippen molar-refractivity contribution >= 4 is 7.32 Å². The summed E-state index contributed by atoms with van der Waals surface area (Å²) in [5.74, 6) is 0. The Balaban J connectivity index is 1.90. The van der Waals surface area contributed by atoms with Gasteiger partial charge in [0.15, 0.2) is 0 Å². The Bertz CT molecular complexity index is 171. The summed E-state index contributed by atoms with van der Waals surface area (Å²) in [6.07, 6.45) is 0.0514. The molecule has 0 aromatic heterocycles. The molecule has 5 nitrogen and oxygen atoms in total. The minimum absolute atomic E-state index is 0.0514. The molecule has 3 heterocycles. The minimum atomic E-state index is -0.502. The van der Waals surface area contributed by atoms with E-state index in [1.165, 1.54) is 0 Å². The van der Waals surface area contributed by atoms with Gasteiger partial charge in [-0.1, -0.05) is 0 Å². The summed E-state index contributed by atoms with van der Waals surface area (Å²) < 4.78 is 21.9. The smallest absolute Gasteiger partial charge is 0.385 e. The highest BCUT2D eigenvalue weighted by Crippen LogP contribution is 2.10. The van der Waals surface area contributed by atoms with Crippen LogP contribution in [0, 0.1) is 0 Å². The predicted octanol–water partition coefficient (Wildman–Crippen LogP) is -0.245. The van der Waals surface area contributed by atoms with Crippen LogP contribution >= 0.6 is 0 Å². The molecule has 3 aliphatic rings. The van der Waals surface area contributed by atoms with Crippen molar-refractivity contribution in [3.63, 3.8) is 0 Å². The monoisotopic (exact) mass is 215 g/mol. The van der Waals surface area contributed by atoms with E-state index in [0.717, 1.165) is 19.6 Å². The predicted molar refractivity (Wildman–Crippen MR) is 55.5 cm³/mol. The highest BCUT2D eigenvalue weighted by molar-refractivity contribution is 6.36. The van der Waals surface area contributed by atoms with Gasteiger partial charge in [0, 0.05) is 39.5 Å². The van der Waals surface area contributed by atoms with E-state index in [1.54, 1.807) is 0 Å². The molecule has 0 spiro atoms. The molecule has 2 bridgehead atoms. The Labute approximate surface area is 90.8 Å². The van der Waals surface area contributed by atoms with Gasteiger partial charge in [-0.15, -0.1) is 0 Å². The van der Waals surface area contributed by atoms with Gasteiger partial charge < -0.3 is 18.7 Å². The van der Waals surface area contributed by atoms with Crippen LogP contribution in [0.1, 0.15) is 6.92 Å². The average molecular weight is 215 g/mol. The van der Waals surface area contributed by atoms with Crippen LogP contribution in [-0.2, 0) is 18.7 Å². The Morgan fingerprint density at radius 1 is 1.33 bits per heavy atom. The summed E-state index contributed by atoms with van der Waals surface area (Å²) in [6, 6.07) is 0. The standard InChI is InChI=1S/C9H18BNO4/c1-2-12-8-9-7-11-3-5-13-10(15-9)14-6-4-11/h9H,2-8H2,1H3. The van der Waals surface area contributed by atoms with Crippen LogP contribution in [0.4, 0.5) is 0 Å². The van der Waals surface area contributed by atoms with Gasteiger partial charge in [0.2, 0.25) is 0 Å². The fourth-order valence-corrected chi connectivity index (χ4v) is 1.81. The first-order valence-corrected chi connectivity index (χ1v) is 5.57. The molecule has 86 valence electrons. The molecule has 0 saturated carbocycles. The lowest BCUT2D eigenvalue weighted by molar-refractivity contribution is -0.0473. The summed E-state index contributed by atoms with van der Waals surface area (Å²) in [5, 5.41) is 0. The number of ether oxygens (including phenoxy) is 1. The molecule has 1 atom stereocenters. The molecular weight excluding hydrogens is 197 g/mol. The molecule has 3 aliphatic heterocycles. The topological polar surface area (TPSA) is 40.2 Å². The number of fused-ring (bicyclic) bond motifs is 6. The van der Waals surface area contributed by atoms with E-state index in [9.17, 15) is 0 Å². The third-order valence-corrected chi connectivity index (χ3v) is 2.60. The largest absolute Gasteiger partial charge is 0.639 e. The van der Waals surface area contributed by atoms with Gasteiger partial charge in [0.25, 0.3) is 0 Å². The number of nitrogens with zero attached hydrogens (tertiary/aromatic N) is 1. The molecule has 0 aromatic carbocycles. The molecule has 15 heavy (non-hydrogen) atoms. The zero-order chi connectivity index (χ0) is 10.5. The van der Waals surface area contributed by atoms with Crippen molar-refractivity contribution in [3.05, 3.63) is 0 Å². The Hall–Kier alpha value is -0.135. The molecule has 3 fully saturated rings. The molecular formula is C9H18BNO4. The molecule has 3 rings (SSSR count). The number of rotatable bonds is 3. The third-order valence-electron chi connectivity index (χ3n) is 2.60. The molecule has 1 unspecified atom stereocenters. The van der Waals surface area contributed by atoms with Crippen LogP contribution < -0.4 is 0 Å². The Kier molecular flexibility index (Phi) is 4.40. The van der Waals surface area contributed by atoms with Crippen LogP contribution in [-0.4, -0.2) is 64.4 Å². The Morgan fingerprint density at radius 3 is 2.73 bits per heavy atom. The normalized spacial score (nSPS) is 32.2. The highest BCUT2D eigenvalue weighted by atomic mass is 16.7. The van der Waals surface area contributed by atoms with Crippen LogP contribution in [0.15, 0.2) is 0 Å². The van der Waals surface area contributed by atoms with Gasteiger partial charge >= 0.3 is 7.32 Å². The molecule has 0 radical (unpaired) electrons. The fourth-order valence-electron chi connectivity index (χ4n) is 1.81. The quantitative estimate of drug-likeness (QED) is 0.607. The summed E-state index contributed by atoms with van der Waals surface area (Å²) in [5.41, 5.74) is 0. The summed E-state index contributed by atoms with van der Waals surface area (Å²) in [6.45, 7) is 7.46. The first-order valence-electron chi connectivity index (χ1n) is 5.57. The maximum absolute atomic E-state index is 5.65. The second-order valence-electron chi connectivity index (χ2n) is 3.75. The summed E-state index contributed by atoms with van der Waals surface area (Å²) in [7, 11) is -0.502. The van der Waals surface area contributed by atoms with Crippen molar-refractivity contribution in [1.29, 1.82) is 0 Å². The SMILES string of the molecule is CCOCC1CN2CCOB(OCC2)O1. The molecule has 3 saturated heterocycles. The van der Waals surface area contributed by atoms with Gasteiger partial charge in [-0.2, -0.15) is 0 Å². The average Bonchev–Trinajstić information content (AvgIpc) is 2.13. The summed E-state index contributed by atoms with van der Waals surface area (Å²) >= 11 is 0. The maximum atomic E-state index is 5.65. The second kappa shape index (κ2) is 5.82. The van der Waals surface area contributed by atoms with Crippen molar-refractivity contribution < 1.29 is 18.7 Å². The zero-order valence-electron chi connectivity index (χ0n) is 9.18. The van der Waals surface area contributed by atoms with E-state index >= 15 is 0 Å². The van der Waals surface area contributed by atoms with Gasteiger partial charge in [0.1, 0.15) is 0 Å². The van der Waals surface area contributed by atoms with Crippen LogP contribution in [0.3, 0.4) is 0 Å². The number of hydrogen-bond donors (Lipinski definition) is 0. The van der Waals surface area contributed by atoms with Gasteiger partial charge in [-0.05, 0) is 6.92 Å². The van der Waals surface area contributed by atoms with Crippen molar-refractivity contribution in [2.24, 2.45) is 0 Å². The Morgan fingerprint density at radius 2 is 2.07 bits per heavy atom. The van der Waals surface area contributed by atoms with E-state index in [2.05, 4.69) is 4.90 Å². The van der Waals surface area contributed by atoms with Crippen molar-refractivity contribution in [3.8, 4) is 0 Å². The molecule has 0 N–H and O–H groups in total. The maximum Gasteiger partial charge on any atom is 0.639 e. The molecule has 0 aromatic rings. The van der Waals surface area contributed by atoms with Gasteiger partial charge in [-0.25, -0.2) is 0 Å². The second-order valence-corrected chi connectivity index (χ2v) is 3.75. The third kappa shape index (κ3) is 3.43. The van der Waals surface area contributed by atoms with E-state index in [-0.39, 0.29) is 6.10 Å². The molecule has 0 amide bonds. The first kappa shape index (κ1) is 11.4. The fraction of sp³-hybridized carbons (Fsp3) is 1.00. The molecule has 6 heteroatoms. The minimum Gasteiger partial charge on any atom is -0.385 e. The van der Waals surface area contributed by atoms with Crippen LogP contribution in [0.5, 0.6) is 0 Å². The zero-order valence-corrected chi connectivity index (χ0v) is 9.18. The van der Waals surface area contributed by atoms with E-state index in [1.807, 2.05) is 6.92 Å².